The zero-order chi connectivity index (χ0) is 22.0. The molecule has 1 fully saturated rings. The number of aromatic nitrogens is 2. The summed E-state index contributed by atoms with van der Waals surface area (Å²) < 4.78 is 14.1. The number of halogens is 3. The molecular weight excluding hydrogens is 446 g/mol. The lowest BCUT2D eigenvalue weighted by molar-refractivity contribution is -0.383. The minimum Gasteiger partial charge on any atom is -0.366 e. The minimum absolute atomic E-state index is 0.0323. The first-order valence-corrected chi connectivity index (χ1v) is 10.1. The summed E-state index contributed by atoms with van der Waals surface area (Å²) in [6.07, 6.45) is 1.26. The number of rotatable bonds is 5. The molecule has 4 rings (SSSR count). The SMILES string of the molecule is O=[N+]([O-])c1c(Nc2cc(Cl)cc(Cl)c2)ncnc1N1CCN(c2ccccc2F)CC1. The molecule has 0 amide bonds. The van der Waals surface area contributed by atoms with E-state index in [1.54, 1.807) is 41.3 Å². The molecule has 8 nitrogen and oxygen atoms in total. The molecule has 0 unspecified atom stereocenters. The Bertz CT molecular complexity index is 1100. The van der Waals surface area contributed by atoms with Gasteiger partial charge in [0.05, 0.1) is 10.6 Å². The van der Waals surface area contributed by atoms with Gasteiger partial charge in [0.25, 0.3) is 0 Å². The summed E-state index contributed by atoms with van der Waals surface area (Å²) in [7, 11) is 0. The van der Waals surface area contributed by atoms with E-state index in [4.69, 9.17) is 23.2 Å². The maximum Gasteiger partial charge on any atom is 0.353 e. The molecule has 1 saturated heterocycles. The van der Waals surface area contributed by atoms with Gasteiger partial charge in [-0.15, -0.1) is 0 Å². The predicted octanol–water partition coefficient (Wildman–Crippen LogP) is 4.90. The topological polar surface area (TPSA) is 87.4 Å². The second kappa shape index (κ2) is 8.91. The Labute approximate surface area is 187 Å². The maximum atomic E-state index is 14.1. The van der Waals surface area contributed by atoms with Crippen molar-refractivity contribution in [3.8, 4) is 0 Å². The predicted molar refractivity (Wildman–Crippen MR) is 119 cm³/mol. The third kappa shape index (κ3) is 4.62. The van der Waals surface area contributed by atoms with Gasteiger partial charge in [0.15, 0.2) is 0 Å². The molecule has 1 N–H and O–H groups in total. The number of para-hydroxylation sites is 1. The molecule has 0 aliphatic carbocycles. The number of nitro groups is 1. The summed E-state index contributed by atoms with van der Waals surface area (Å²) in [5, 5.41) is 15.6. The normalized spacial score (nSPS) is 13.9. The highest BCUT2D eigenvalue weighted by Gasteiger charge is 2.30. The summed E-state index contributed by atoms with van der Waals surface area (Å²) in [6, 6.07) is 11.3. The first-order chi connectivity index (χ1) is 14.9. The third-order valence-electron chi connectivity index (χ3n) is 4.88. The standard InChI is InChI=1S/C20H17Cl2FN6O2/c21-13-9-14(22)11-15(10-13)26-19-18(29(30)31)20(25-12-24-19)28-7-5-27(6-8-28)17-4-2-1-3-16(17)23/h1-4,9-12H,5-8H2,(H,24,25,26). The van der Waals surface area contributed by atoms with E-state index in [1.165, 1.54) is 12.4 Å². The van der Waals surface area contributed by atoms with Crippen molar-refractivity contribution in [1.82, 2.24) is 9.97 Å². The molecular formula is C20H17Cl2FN6O2. The molecule has 11 heteroatoms. The smallest absolute Gasteiger partial charge is 0.353 e. The first kappa shape index (κ1) is 21.1. The molecule has 160 valence electrons. The lowest BCUT2D eigenvalue weighted by atomic mass is 10.2. The Morgan fingerprint density at radius 3 is 2.29 bits per heavy atom. The lowest BCUT2D eigenvalue weighted by Gasteiger charge is -2.36. The highest BCUT2D eigenvalue weighted by Crippen LogP contribution is 2.35. The Morgan fingerprint density at radius 1 is 1.00 bits per heavy atom. The Morgan fingerprint density at radius 2 is 1.65 bits per heavy atom. The molecule has 2 aromatic carbocycles. The fourth-order valence-corrected chi connectivity index (χ4v) is 4.02. The van der Waals surface area contributed by atoms with E-state index < -0.39 is 4.92 Å². The van der Waals surface area contributed by atoms with Crippen LogP contribution in [0.2, 0.25) is 10.0 Å². The van der Waals surface area contributed by atoms with Gasteiger partial charge in [-0.3, -0.25) is 10.1 Å². The fraction of sp³-hybridized carbons (Fsp3) is 0.200. The number of benzene rings is 2. The van der Waals surface area contributed by atoms with Crippen LogP contribution in [0.4, 0.5) is 33.1 Å². The van der Waals surface area contributed by atoms with E-state index in [0.29, 0.717) is 47.6 Å². The summed E-state index contributed by atoms with van der Waals surface area (Å²) in [5.74, 6) is -0.0655. The molecule has 0 spiro atoms. The summed E-state index contributed by atoms with van der Waals surface area (Å²) >= 11 is 12.0. The summed E-state index contributed by atoms with van der Waals surface area (Å²) in [5.41, 5.74) is 0.729. The van der Waals surface area contributed by atoms with Gasteiger partial charge in [-0.25, -0.2) is 14.4 Å². The van der Waals surface area contributed by atoms with E-state index >= 15 is 0 Å². The molecule has 1 aliphatic heterocycles. The monoisotopic (exact) mass is 462 g/mol. The van der Waals surface area contributed by atoms with Crippen molar-refractivity contribution in [2.24, 2.45) is 0 Å². The Hall–Kier alpha value is -3.17. The van der Waals surface area contributed by atoms with Crippen LogP contribution in [-0.2, 0) is 0 Å². The molecule has 1 aliphatic rings. The third-order valence-corrected chi connectivity index (χ3v) is 5.32. The maximum absolute atomic E-state index is 14.1. The van der Waals surface area contributed by atoms with Crippen LogP contribution in [0.5, 0.6) is 0 Å². The van der Waals surface area contributed by atoms with Gasteiger partial charge >= 0.3 is 5.69 Å². The minimum atomic E-state index is -0.521. The molecule has 0 saturated carbocycles. The van der Waals surface area contributed by atoms with Crippen LogP contribution in [-0.4, -0.2) is 41.1 Å². The molecule has 31 heavy (non-hydrogen) atoms. The van der Waals surface area contributed by atoms with Crippen molar-refractivity contribution in [1.29, 1.82) is 0 Å². The van der Waals surface area contributed by atoms with Gasteiger partial charge in [0, 0.05) is 41.9 Å². The molecule has 0 bridgehead atoms. The number of anilines is 4. The van der Waals surface area contributed by atoms with Crippen LogP contribution < -0.4 is 15.1 Å². The molecule has 2 heterocycles. The van der Waals surface area contributed by atoms with Gasteiger partial charge in [0.2, 0.25) is 11.6 Å². The number of hydrogen-bond acceptors (Lipinski definition) is 7. The lowest BCUT2D eigenvalue weighted by Crippen LogP contribution is -2.47. The van der Waals surface area contributed by atoms with E-state index in [0.717, 1.165) is 0 Å². The van der Waals surface area contributed by atoms with Gasteiger partial charge in [-0.1, -0.05) is 35.3 Å². The van der Waals surface area contributed by atoms with Crippen LogP contribution in [0, 0.1) is 15.9 Å². The Balaban J connectivity index is 1.58. The molecule has 0 radical (unpaired) electrons. The van der Waals surface area contributed by atoms with Crippen LogP contribution >= 0.6 is 23.2 Å². The Kier molecular flexibility index (Phi) is 6.06. The largest absolute Gasteiger partial charge is 0.366 e. The van der Waals surface area contributed by atoms with Crippen LogP contribution in [0.15, 0.2) is 48.8 Å². The van der Waals surface area contributed by atoms with Crippen molar-refractivity contribution in [2.75, 3.05) is 41.3 Å². The van der Waals surface area contributed by atoms with Crippen LogP contribution in [0.1, 0.15) is 0 Å². The quantitative estimate of drug-likeness (QED) is 0.425. The van der Waals surface area contributed by atoms with Crippen LogP contribution in [0.3, 0.4) is 0 Å². The number of nitrogens with one attached hydrogen (secondary N) is 1. The zero-order valence-electron chi connectivity index (χ0n) is 16.1. The van der Waals surface area contributed by atoms with E-state index in [-0.39, 0.29) is 23.1 Å². The molecule has 3 aromatic rings. The van der Waals surface area contributed by atoms with E-state index in [1.807, 2.05) is 4.90 Å². The average molecular weight is 463 g/mol. The van der Waals surface area contributed by atoms with Gasteiger partial charge < -0.3 is 15.1 Å². The van der Waals surface area contributed by atoms with Crippen molar-refractivity contribution in [2.45, 2.75) is 0 Å². The van der Waals surface area contributed by atoms with Gasteiger partial charge in [-0.05, 0) is 30.3 Å². The van der Waals surface area contributed by atoms with Gasteiger partial charge in [-0.2, -0.15) is 0 Å². The number of piperazine rings is 1. The zero-order valence-corrected chi connectivity index (χ0v) is 17.6. The highest BCUT2D eigenvalue weighted by atomic mass is 35.5. The average Bonchev–Trinajstić information content (AvgIpc) is 2.73. The van der Waals surface area contributed by atoms with Gasteiger partial charge in [0.1, 0.15) is 12.1 Å². The van der Waals surface area contributed by atoms with Crippen LogP contribution in [0.25, 0.3) is 0 Å². The first-order valence-electron chi connectivity index (χ1n) is 9.39. The summed E-state index contributed by atoms with van der Waals surface area (Å²) in [4.78, 5) is 23.3. The number of nitrogens with zero attached hydrogens (tertiary/aromatic N) is 5. The second-order valence-electron chi connectivity index (χ2n) is 6.86. The molecule has 1 aromatic heterocycles. The van der Waals surface area contributed by atoms with Crippen molar-refractivity contribution < 1.29 is 9.31 Å². The van der Waals surface area contributed by atoms with E-state index in [2.05, 4.69) is 15.3 Å². The molecule has 0 atom stereocenters. The highest BCUT2D eigenvalue weighted by molar-refractivity contribution is 6.35. The van der Waals surface area contributed by atoms with Crippen molar-refractivity contribution in [3.63, 3.8) is 0 Å². The second-order valence-corrected chi connectivity index (χ2v) is 7.73. The number of hydrogen-bond donors (Lipinski definition) is 1. The fourth-order valence-electron chi connectivity index (χ4n) is 3.49. The van der Waals surface area contributed by atoms with E-state index in [9.17, 15) is 14.5 Å². The van der Waals surface area contributed by atoms with Crippen molar-refractivity contribution in [3.05, 3.63) is 74.8 Å². The summed E-state index contributed by atoms with van der Waals surface area (Å²) in [6.45, 7) is 1.87. The van der Waals surface area contributed by atoms with Crippen molar-refractivity contribution >= 4 is 51.9 Å².